The van der Waals surface area contributed by atoms with E-state index in [1.54, 1.807) is 7.05 Å². The smallest absolute Gasteiger partial charge is 0.414 e. The number of benzene rings is 2. The van der Waals surface area contributed by atoms with Crippen LogP contribution in [0.5, 0.6) is 0 Å². The summed E-state index contributed by atoms with van der Waals surface area (Å²) in [4.78, 5) is 30.4. The van der Waals surface area contributed by atoms with Gasteiger partial charge in [0.15, 0.2) is 0 Å². The average Bonchev–Trinajstić information content (AvgIpc) is 3.31. The molecule has 0 saturated carbocycles. The Labute approximate surface area is 188 Å². The van der Waals surface area contributed by atoms with Crippen LogP contribution in [0, 0.1) is 11.6 Å². The zero-order valence-corrected chi connectivity index (χ0v) is 17.9. The van der Waals surface area contributed by atoms with Crippen molar-refractivity contribution in [2.45, 2.75) is 6.10 Å². The second kappa shape index (κ2) is 8.58. The van der Waals surface area contributed by atoms with E-state index in [0.717, 1.165) is 0 Å². The Bertz CT molecular complexity index is 1070. The molecule has 0 unspecified atom stereocenters. The van der Waals surface area contributed by atoms with Crippen molar-refractivity contribution in [1.82, 2.24) is 4.90 Å². The first-order valence-electron chi connectivity index (χ1n) is 9.81. The second-order valence-electron chi connectivity index (χ2n) is 7.48. The molecule has 0 aromatic heterocycles. The highest BCUT2D eigenvalue weighted by Gasteiger charge is 2.35. The number of thiocarbonyl (C=S) groups is 1. The third kappa shape index (κ3) is 4.15. The van der Waals surface area contributed by atoms with Crippen molar-refractivity contribution in [1.29, 1.82) is 0 Å². The first-order chi connectivity index (χ1) is 15.2. The monoisotopic (exact) mass is 462 g/mol. The summed E-state index contributed by atoms with van der Waals surface area (Å²) in [6.07, 6.45) is -1.19. The second-order valence-corrected chi connectivity index (χ2v) is 7.84. The molecular weight excluding hydrogens is 442 g/mol. The molecule has 2 heterocycles. The van der Waals surface area contributed by atoms with Crippen molar-refractivity contribution in [3.8, 4) is 0 Å². The SMILES string of the molecule is CN(C[C@@H]1CN(c2ccc(N3CCN(c4ccc(F)cc4)C3=O)c(F)c2)C(=O)O1)C(O)=S. The molecule has 1 atom stereocenters. The zero-order chi connectivity index (χ0) is 23.0. The molecule has 2 aliphatic heterocycles. The van der Waals surface area contributed by atoms with E-state index >= 15 is 0 Å². The molecule has 2 aliphatic rings. The lowest BCUT2D eigenvalue weighted by molar-refractivity contribution is 0.127. The quantitative estimate of drug-likeness (QED) is 0.686. The summed E-state index contributed by atoms with van der Waals surface area (Å²) in [5.41, 5.74) is 0.891. The number of rotatable bonds is 5. The number of hydrogen-bond acceptors (Lipinski definition) is 4. The van der Waals surface area contributed by atoms with Gasteiger partial charge in [0.25, 0.3) is 5.17 Å². The number of amides is 3. The van der Waals surface area contributed by atoms with Crippen LogP contribution in [0.4, 0.5) is 35.4 Å². The highest BCUT2D eigenvalue weighted by Crippen LogP contribution is 2.31. The topological polar surface area (TPSA) is 76.6 Å². The van der Waals surface area contributed by atoms with Crippen molar-refractivity contribution in [3.63, 3.8) is 0 Å². The number of urea groups is 1. The molecule has 2 aromatic carbocycles. The fraction of sp³-hybridized carbons (Fsp3) is 0.286. The van der Waals surface area contributed by atoms with E-state index in [1.807, 2.05) is 0 Å². The summed E-state index contributed by atoms with van der Waals surface area (Å²) in [6.45, 7) is 0.935. The van der Waals surface area contributed by atoms with Crippen molar-refractivity contribution in [2.24, 2.45) is 0 Å². The van der Waals surface area contributed by atoms with Gasteiger partial charge in [-0.15, -0.1) is 0 Å². The highest BCUT2D eigenvalue weighted by atomic mass is 32.1. The molecule has 1 N–H and O–H groups in total. The molecule has 2 saturated heterocycles. The minimum atomic E-state index is -0.665. The lowest BCUT2D eigenvalue weighted by Crippen LogP contribution is -2.35. The summed E-state index contributed by atoms with van der Waals surface area (Å²) in [6, 6.07) is 9.23. The van der Waals surface area contributed by atoms with Gasteiger partial charge in [-0.1, -0.05) is 0 Å². The molecule has 3 amide bonds. The molecule has 11 heteroatoms. The Morgan fingerprint density at radius 1 is 1.09 bits per heavy atom. The van der Waals surface area contributed by atoms with Crippen LogP contribution in [0.15, 0.2) is 42.5 Å². The van der Waals surface area contributed by atoms with Crippen LogP contribution in [-0.4, -0.2) is 66.6 Å². The van der Waals surface area contributed by atoms with Crippen LogP contribution in [0.3, 0.4) is 0 Å². The molecule has 168 valence electrons. The Kier molecular flexibility index (Phi) is 5.83. The van der Waals surface area contributed by atoms with Gasteiger partial charge in [-0.2, -0.15) is 0 Å². The van der Waals surface area contributed by atoms with Gasteiger partial charge in [0.2, 0.25) is 0 Å². The number of halogens is 2. The molecule has 0 radical (unpaired) electrons. The molecule has 0 bridgehead atoms. The number of cyclic esters (lactones) is 1. The number of carbonyl (C=O) groups excluding carboxylic acids is 2. The summed E-state index contributed by atoms with van der Waals surface area (Å²) in [5.74, 6) is -1.08. The Morgan fingerprint density at radius 2 is 1.75 bits per heavy atom. The van der Waals surface area contributed by atoms with Gasteiger partial charge in [-0.3, -0.25) is 14.7 Å². The lowest BCUT2D eigenvalue weighted by atomic mass is 10.2. The fourth-order valence-electron chi connectivity index (χ4n) is 3.71. The molecular formula is C21H20F2N4O4S. The molecule has 0 aliphatic carbocycles. The van der Waals surface area contributed by atoms with E-state index in [0.29, 0.717) is 12.2 Å². The van der Waals surface area contributed by atoms with E-state index in [-0.39, 0.29) is 36.2 Å². The number of aliphatic hydroxyl groups excluding tert-OH is 1. The van der Waals surface area contributed by atoms with E-state index in [2.05, 4.69) is 12.2 Å². The van der Waals surface area contributed by atoms with Crippen LogP contribution in [0.25, 0.3) is 0 Å². The molecule has 2 aromatic rings. The number of carbonyl (C=O) groups is 2. The average molecular weight is 462 g/mol. The van der Waals surface area contributed by atoms with Gasteiger partial charge in [0, 0.05) is 25.8 Å². The first-order valence-corrected chi connectivity index (χ1v) is 10.2. The Morgan fingerprint density at radius 3 is 2.41 bits per heavy atom. The van der Waals surface area contributed by atoms with Gasteiger partial charge < -0.3 is 14.7 Å². The molecule has 0 spiro atoms. The lowest BCUT2D eigenvalue weighted by Gasteiger charge is -2.21. The standard InChI is InChI=1S/C21H20F2N4O4S/c1-24(21(30)32)11-16-12-27(20(29)31-16)15-6-7-18(17(23)10-15)26-9-8-25(19(26)28)14-4-2-13(22)3-5-14/h2-7,10,16H,8-9,11-12H2,1H3,(H,30,32)/t16-/m1/s1. The maximum absolute atomic E-state index is 15.0. The fourth-order valence-corrected chi connectivity index (χ4v) is 3.79. The number of nitrogens with zero attached hydrogens (tertiary/aromatic N) is 4. The molecule has 8 nitrogen and oxygen atoms in total. The minimum Gasteiger partial charge on any atom is -0.487 e. The first kappa shape index (κ1) is 21.8. The maximum Gasteiger partial charge on any atom is 0.414 e. The Hall–Kier alpha value is -3.47. The maximum atomic E-state index is 15.0. The van der Waals surface area contributed by atoms with Crippen LogP contribution < -0.4 is 14.7 Å². The zero-order valence-electron chi connectivity index (χ0n) is 17.1. The van der Waals surface area contributed by atoms with Gasteiger partial charge in [0.1, 0.15) is 17.7 Å². The predicted octanol–water partition coefficient (Wildman–Crippen LogP) is 3.51. The third-order valence-corrected chi connectivity index (χ3v) is 5.67. The number of likely N-dealkylation sites (N-methyl/N-ethyl adjacent to an activating group) is 1. The minimum absolute atomic E-state index is 0.0813. The van der Waals surface area contributed by atoms with E-state index in [1.165, 1.54) is 62.1 Å². The molecule has 4 rings (SSSR count). The normalized spacial score (nSPS) is 18.3. The van der Waals surface area contributed by atoms with E-state index < -0.39 is 29.9 Å². The summed E-state index contributed by atoms with van der Waals surface area (Å²) < 4.78 is 33.4. The van der Waals surface area contributed by atoms with Crippen LogP contribution in [-0.2, 0) is 4.74 Å². The van der Waals surface area contributed by atoms with Crippen LogP contribution in [0.1, 0.15) is 0 Å². The number of anilines is 3. The van der Waals surface area contributed by atoms with Crippen molar-refractivity contribution < 1.29 is 28.2 Å². The number of hydrogen-bond donors (Lipinski definition) is 1. The van der Waals surface area contributed by atoms with Gasteiger partial charge >= 0.3 is 12.1 Å². The summed E-state index contributed by atoms with van der Waals surface area (Å²) in [7, 11) is 1.57. The summed E-state index contributed by atoms with van der Waals surface area (Å²) in [5, 5.41) is 9.01. The van der Waals surface area contributed by atoms with Gasteiger partial charge in [-0.25, -0.2) is 18.4 Å². The number of aliphatic hydroxyl groups is 1. The molecule has 32 heavy (non-hydrogen) atoms. The molecule has 2 fully saturated rings. The van der Waals surface area contributed by atoms with Crippen molar-refractivity contribution >= 4 is 46.6 Å². The largest absolute Gasteiger partial charge is 0.487 e. The van der Waals surface area contributed by atoms with Crippen molar-refractivity contribution in [2.75, 3.05) is 47.9 Å². The highest BCUT2D eigenvalue weighted by molar-refractivity contribution is 7.79. The van der Waals surface area contributed by atoms with Crippen LogP contribution >= 0.6 is 12.2 Å². The van der Waals surface area contributed by atoms with E-state index in [4.69, 9.17) is 4.74 Å². The van der Waals surface area contributed by atoms with Gasteiger partial charge in [-0.05, 0) is 54.7 Å². The summed E-state index contributed by atoms with van der Waals surface area (Å²) >= 11 is 4.67. The van der Waals surface area contributed by atoms with Gasteiger partial charge in [0.05, 0.1) is 24.5 Å². The predicted molar refractivity (Wildman–Crippen MR) is 118 cm³/mol. The Balaban J connectivity index is 1.48. The van der Waals surface area contributed by atoms with Crippen LogP contribution in [0.2, 0.25) is 0 Å². The third-order valence-electron chi connectivity index (χ3n) is 5.36. The van der Waals surface area contributed by atoms with E-state index in [9.17, 15) is 23.5 Å². The number of ether oxygens (including phenoxy) is 1. The van der Waals surface area contributed by atoms with Crippen molar-refractivity contribution in [3.05, 3.63) is 54.1 Å².